The lowest BCUT2D eigenvalue weighted by Gasteiger charge is -2.13. The number of hydrogen-bond donors (Lipinski definition) is 2. The number of hydrogen-bond acceptors (Lipinski definition) is 4. The zero-order valence-corrected chi connectivity index (χ0v) is 18.2. The number of amides is 2. The maximum Gasteiger partial charge on any atom is 0.257 e. The molecule has 2 N–H and O–H groups in total. The van der Waals surface area contributed by atoms with Crippen molar-refractivity contribution in [1.29, 1.82) is 5.26 Å². The molecule has 0 heterocycles. The van der Waals surface area contributed by atoms with Gasteiger partial charge >= 0.3 is 0 Å². The van der Waals surface area contributed by atoms with Crippen molar-refractivity contribution in [1.82, 2.24) is 0 Å². The van der Waals surface area contributed by atoms with E-state index in [1.54, 1.807) is 66.7 Å². The number of halogens is 1. The van der Waals surface area contributed by atoms with E-state index >= 15 is 0 Å². The Hall–Kier alpha value is -3.63. The minimum atomic E-state index is -0.357. The molecule has 0 radical (unpaired) electrons. The van der Waals surface area contributed by atoms with Crippen LogP contribution in [0.3, 0.4) is 0 Å². The van der Waals surface area contributed by atoms with Gasteiger partial charge in [0.15, 0.2) is 0 Å². The quantitative estimate of drug-likeness (QED) is 0.410. The Labute approximate surface area is 189 Å². The summed E-state index contributed by atoms with van der Waals surface area (Å²) in [7, 11) is 0. The summed E-state index contributed by atoms with van der Waals surface area (Å²) in [6.45, 7) is 0.425. The van der Waals surface area contributed by atoms with E-state index in [0.29, 0.717) is 52.2 Å². The fourth-order valence-corrected chi connectivity index (χ4v) is 3.29. The van der Waals surface area contributed by atoms with E-state index in [4.69, 9.17) is 10.00 Å². The molecule has 31 heavy (non-hydrogen) atoms. The van der Waals surface area contributed by atoms with Gasteiger partial charge in [-0.2, -0.15) is 5.26 Å². The molecular weight excluding hydrogens is 458 g/mol. The van der Waals surface area contributed by atoms with Crippen LogP contribution in [0.1, 0.15) is 33.6 Å². The standard InChI is InChI=1S/C24H20BrN3O3/c25-21-12-3-1-10-19(21)23(29)28-22-13-4-2-11-20(22)24(30)27-17-8-7-9-18(16-17)31-15-6-5-14-26/h1-4,7-13,16H,5-6,15H2,(H,27,30)(H,28,29). The molecule has 0 saturated carbocycles. The molecule has 0 aromatic heterocycles. The Kier molecular flexibility index (Phi) is 7.79. The molecule has 0 unspecified atom stereocenters. The Morgan fingerprint density at radius 2 is 1.61 bits per heavy atom. The zero-order chi connectivity index (χ0) is 22.1. The first-order valence-electron chi connectivity index (χ1n) is 9.64. The predicted molar refractivity (Wildman–Crippen MR) is 123 cm³/mol. The van der Waals surface area contributed by atoms with Crippen LogP contribution in [0.2, 0.25) is 0 Å². The summed E-state index contributed by atoms with van der Waals surface area (Å²) in [5, 5.41) is 14.2. The van der Waals surface area contributed by atoms with Crippen LogP contribution in [0.25, 0.3) is 0 Å². The van der Waals surface area contributed by atoms with E-state index in [0.717, 1.165) is 0 Å². The normalized spacial score (nSPS) is 10.1. The number of ether oxygens (including phenoxy) is 1. The van der Waals surface area contributed by atoms with Gasteiger partial charge in [-0.1, -0.05) is 30.3 Å². The fourth-order valence-electron chi connectivity index (χ4n) is 2.83. The van der Waals surface area contributed by atoms with Gasteiger partial charge in [-0.25, -0.2) is 0 Å². The molecule has 3 aromatic rings. The molecule has 0 saturated heterocycles. The van der Waals surface area contributed by atoms with Crippen molar-refractivity contribution in [3.05, 3.63) is 88.4 Å². The fraction of sp³-hybridized carbons (Fsp3) is 0.125. The van der Waals surface area contributed by atoms with Gasteiger partial charge in [0.05, 0.1) is 29.5 Å². The van der Waals surface area contributed by atoms with E-state index in [-0.39, 0.29) is 11.8 Å². The minimum absolute atomic E-state index is 0.319. The maximum absolute atomic E-state index is 12.9. The van der Waals surface area contributed by atoms with Crippen molar-refractivity contribution in [2.24, 2.45) is 0 Å². The lowest BCUT2D eigenvalue weighted by atomic mass is 10.1. The van der Waals surface area contributed by atoms with Crippen LogP contribution in [0.15, 0.2) is 77.3 Å². The molecule has 0 fully saturated rings. The molecule has 0 bridgehead atoms. The third-order valence-corrected chi connectivity index (χ3v) is 5.02. The highest BCUT2D eigenvalue weighted by molar-refractivity contribution is 9.10. The van der Waals surface area contributed by atoms with Gasteiger partial charge in [-0.15, -0.1) is 0 Å². The van der Waals surface area contributed by atoms with Gasteiger partial charge in [0.2, 0.25) is 0 Å². The number of carbonyl (C=O) groups is 2. The molecule has 0 aliphatic heterocycles. The van der Waals surface area contributed by atoms with Gasteiger partial charge < -0.3 is 15.4 Å². The molecule has 2 amide bonds. The topological polar surface area (TPSA) is 91.2 Å². The van der Waals surface area contributed by atoms with Crippen LogP contribution in [-0.2, 0) is 0 Å². The minimum Gasteiger partial charge on any atom is -0.493 e. The average Bonchev–Trinajstić information content (AvgIpc) is 2.77. The van der Waals surface area contributed by atoms with Crippen LogP contribution in [0.5, 0.6) is 5.75 Å². The number of nitriles is 1. The molecule has 3 aromatic carbocycles. The number of para-hydroxylation sites is 1. The third kappa shape index (κ3) is 6.17. The number of unbranched alkanes of at least 4 members (excludes halogenated alkanes) is 1. The number of nitrogens with one attached hydrogen (secondary N) is 2. The summed E-state index contributed by atoms with van der Waals surface area (Å²) in [6.07, 6.45) is 1.07. The Morgan fingerprint density at radius 1 is 0.903 bits per heavy atom. The highest BCUT2D eigenvalue weighted by Gasteiger charge is 2.16. The first-order valence-corrected chi connectivity index (χ1v) is 10.4. The Morgan fingerprint density at radius 3 is 2.39 bits per heavy atom. The van der Waals surface area contributed by atoms with Gasteiger partial charge in [0.1, 0.15) is 5.75 Å². The van der Waals surface area contributed by atoms with Gasteiger partial charge in [0, 0.05) is 22.6 Å². The highest BCUT2D eigenvalue weighted by atomic mass is 79.9. The van der Waals surface area contributed by atoms with Crippen LogP contribution >= 0.6 is 15.9 Å². The monoisotopic (exact) mass is 477 g/mol. The van der Waals surface area contributed by atoms with E-state index in [9.17, 15) is 9.59 Å². The van der Waals surface area contributed by atoms with Gasteiger partial charge in [0.25, 0.3) is 11.8 Å². The number of anilines is 2. The summed E-state index contributed by atoms with van der Waals surface area (Å²) in [5.74, 6) is -0.0728. The third-order valence-electron chi connectivity index (χ3n) is 4.33. The van der Waals surface area contributed by atoms with Gasteiger partial charge in [-0.3, -0.25) is 9.59 Å². The lowest BCUT2D eigenvalue weighted by molar-refractivity contribution is 0.102. The van der Waals surface area contributed by atoms with Crippen molar-refractivity contribution in [2.45, 2.75) is 12.8 Å². The molecule has 0 aliphatic rings. The molecule has 7 heteroatoms. The zero-order valence-electron chi connectivity index (χ0n) is 16.6. The predicted octanol–water partition coefficient (Wildman–Crippen LogP) is 5.64. The molecule has 6 nitrogen and oxygen atoms in total. The Bertz CT molecular complexity index is 1120. The van der Waals surface area contributed by atoms with Crippen molar-refractivity contribution < 1.29 is 14.3 Å². The van der Waals surface area contributed by atoms with E-state index in [2.05, 4.69) is 32.6 Å². The summed E-state index contributed by atoms with van der Waals surface area (Å²) >= 11 is 3.37. The van der Waals surface area contributed by atoms with Crippen LogP contribution in [-0.4, -0.2) is 18.4 Å². The van der Waals surface area contributed by atoms with E-state index in [1.807, 2.05) is 6.07 Å². The summed E-state index contributed by atoms with van der Waals surface area (Å²) in [4.78, 5) is 25.5. The molecule has 0 spiro atoms. The average molecular weight is 478 g/mol. The van der Waals surface area contributed by atoms with E-state index in [1.165, 1.54) is 0 Å². The first kappa shape index (κ1) is 22.1. The summed E-state index contributed by atoms with van der Waals surface area (Å²) in [5.41, 5.74) is 1.78. The summed E-state index contributed by atoms with van der Waals surface area (Å²) < 4.78 is 6.28. The molecule has 3 rings (SSSR count). The van der Waals surface area contributed by atoms with Crippen LogP contribution in [0.4, 0.5) is 11.4 Å². The highest BCUT2D eigenvalue weighted by Crippen LogP contribution is 2.23. The molecule has 0 aliphatic carbocycles. The number of rotatable bonds is 8. The maximum atomic E-state index is 12.9. The second-order valence-corrected chi connectivity index (χ2v) is 7.43. The van der Waals surface area contributed by atoms with Gasteiger partial charge in [-0.05, 0) is 58.7 Å². The van der Waals surface area contributed by atoms with Crippen LogP contribution < -0.4 is 15.4 Å². The lowest BCUT2D eigenvalue weighted by Crippen LogP contribution is -2.18. The SMILES string of the molecule is N#CCCCOc1cccc(NC(=O)c2ccccc2NC(=O)c2ccccc2Br)c1. The number of benzene rings is 3. The van der Waals surface area contributed by atoms with Crippen molar-refractivity contribution in [2.75, 3.05) is 17.2 Å². The molecule has 0 atom stereocenters. The summed E-state index contributed by atoms with van der Waals surface area (Å²) in [6, 6.07) is 23.0. The number of nitrogens with zero attached hydrogens (tertiary/aromatic N) is 1. The van der Waals surface area contributed by atoms with Crippen molar-refractivity contribution in [3.63, 3.8) is 0 Å². The largest absolute Gasteiger partial charge is 0.493 e. The van der Waals surface area contributed by atoms with Crippen LogP contribution in [0, 0.1) is 11.3 Å². The first-order chi connectivity index (χ1) is 15.1. The van der Waals surface area contributed by atoms with E-state index < -0.39 is 0 Å². The van der Waals surface area contributed by atoms with Crippen molar-refractivity contribution in [3.8, 4) is 11.8 Å². The molecular formula is C24H20BrN3O3. The van der Waals surface area contributed by atoms with Crippen molar-refractivity contribution >= 4 is 39.1 Å². The second kappa shape index (κ2) is 11.0. The Balaban J connectivity index is 1.71. The smallest absolute Gasteiger partial charge is 0.257 e. The molecule has 156 valence electrons. The number of carbonyl (C=O) groups excluding carboxylic acids is 2. The second-order valence-electron chi connectivity index (χ2n) is 6.57.